The number of nitrogens with one attached hydrogen (secondary N) is 2. The van der Waals surface area contributed by atoms with E-state index in [-0.39, 0.29) is 0 Å². The van der Waals surface area contributed by atoms with Gasteiger partial charge in [-0.3, -0.25) is 5.10 Å². The van der Waals surface area contributed by atoms with Crippen LogP contribution in [0.25, 0.3) is 11.0 Å². The van der Waals surface area contributed by atoms with Crippen molar-refractivity contribution in [1.29, 1.82) is 0 Å². The summed E-state index contributed by atoms with van der Waals surface area (Å²) in [5.41, 5.74) is 2.93. The number of rotatable bonds is 3. The van der Waals surface area contributed by atoms with Crippen LogP contribution < -0.4 is 10.2 Å². The first kappa shape index (κ1) is 12.4. The lowest BCUT2D eigenvalue weighted by Crippen LogP contribution is -2.13. The number of aryl methyl sites for hydroxylation is 1. The topological polar surface area (TPSA) is 69.7 Å². The maximum absolute atomic E-state index is 4.53. The quantitative estimate of drug-likeness (QED) is 0.763. The fourth-order valence-corrected chi connectivity index (χ4v) is 1.89. The predicted molar refractivity (Wildman–Crippen MR) is 80.5 cm³/mol. The van der Waals surface area contributed by atoms with Gasteiger partial charge >= 0.3 is 0 Å². The van der Waals surface area contributed by atoms with Crippen LogP contribution in [0, 0.1) is 6.92 Å². The van der Waals surface area contributed by atoms with Gasteiger partial charge in [-0.15, -0.1) is 0 Å². The summed E-state index contributed by atoms with van der Waals surface area (Å²) >= 11 is 0. The van der Waals surface area contributed by atoms with Crippen molar-refractivity contribution in [3.8, 4) is 0 Å². The maximum Gasteiger partial charge on any atom is 0.228 e. The summed E-state index contributed by atoms with van der Waals surface area (Å²) in [6, 6.07) is 8.17. The Kier molecular flexibility index (Phi) is 2.98. The molecular weight excluding hydrogens is 252 g/mol. The van der Waals surface area contributed by atoms with E-state index in [1.54, 1.807) is 6.20 Å². The van der Waals surface area contributed by atoms with E-state index < -0.39 is 0 Å². The van der Waals surface area contributed by atoms with E-state index in [4.69, 9.17) is 0 Å². The van der Waals surface area contributed by atoms with Crippen LogP contribution >= 0.6 is 0 Å². The number of hydrogen-bond acceptors (Lipinski definition) is 5. The highest BCUT2D eigenvalue weighted by atomic mass is 15.3. The molecule has 6 heteroatoms. The third-order valence-corrected chi connectivity index (χ3v) is 3.01. The number of hydrogen-bond donors (Lipinski definition) is 2. The Bertz CT molecular complexity index is 729. The van der Waals surface area contributed by atoms with Crippen molar-refractivity contribution in [2.24, 2.45) is 0 Å². The van der Waals surface area contributed by atoms with E-state index >= 15 is 0 Å². The highest BCUT2D eigenvalue weighted by Gasteiger charge is 2.10. The zero-order chi connectivity index (χ0) is 14.1. The molecule has 2 heterocycles. The molecule has 0 radical (unpaired) electrons. The maximum atomic E-state index is 4.53. The number of anilines is 3. The molecule has 3 aromatic rings. The zero-order valence-corrected chi connectivity index (χ0v) is 11.7. The van der Waals surface area contributed by atoms with Crippen molar-refractivity contribution in [3.63, 3.8) is 0 Å². The summed E-state index contributed by atoms with van der Waals surface area (Å²) < 4.78 is 0. The normalized spacial score (nSPS) is 10.8. The van der Waals surface area contributed by atoms with Gasteiger partial charge in [0.05, 0.1) is 11.6 Å². The van der Waals surface area contributed by atoms with Crippen LogP contribution in [0.5, 0.6) is 0 Å². The van der Waals surface area contributed by atoms with Gasteiger partial charge in [0.2, 0.25) is 5.95 Å². The number of aromatic nitrogens is 4. The summed E-state index contributed by atoms with van der Waals surface area (Å²) in [4.78, 5) is 10.8. The van der Waals surface area contributed by atoms with Crippen molar-refractivity contribution < 1.29 is 0 Å². The van der Waals surface area contributed by atoms with Crippen LogP contribution in [-0.2, 0) is 0 Å². The van der Waals surface area contributed by atoms with Crippen LogP contribution in [0.4, 0.5) is 17.5 Å². The number of H-pyrrole nitrogens is 1. The lowest BCUT2D eigenvalue weighted by atomic mass is 10.2. The molecule has 1 aromatic carbocycles. The first-order valence-electron chi connectivity index (χ1n) is 6.35. The number of benzene rings is 1. The van der Waals surface area contributed by atoms with Gasteiger partial charge < -0.3 is 10.2 Å². The average molecular weight is 268 g/mol. The molecule has 6 nitrogen and oxygen atoms in total. The van der Waals surface area contributed by atoms with Gasteiger partial charge in [0.25, 0.3) is 0 Å². The van der Waals surface area contributed by atoms with Crippen molar-refractivity contribution in [2.75, 3.05) is 24.3 Å². The molecule has 0 saturated heterocycles. The first-order valence-corrected chi connectivity index (χ1v) is 6.35. The van der Waals surface area contributed by atoms with E-state index in [2.05, 4.69) is 44.5 Å². The van der Waals surface area contributed by atoms with Crippen LogP contribution in [0.2, 0.25) is 0 Å². The van der Waals surface area contributed by atoms with E-state index in [0.29, 0.717) is 5.95 Å². The van der Waals surface area contributed by atoms with Gasteiger partial charge in [-0.05, 0) is 19.1 Å². The predicted octanol–water partition coefficient (Wildman–Crippen LogP) is 2.47. The lowest BCUT2D eigenvalue weighted by Gasteiger charge is -2.13. The Morgan fingerprint density at radius 1 is 1.10 bits per heavy atom. The van der Waals surface area contributed by atoms with E-state index in [1.165, 1.54) is 5.56 Å². The molecule has 0 aliphatic carbocycles. The van der Waals surface area contributed by atoms with Crippen LogP contribution in [0.1, 0.15) is 5.56 Å². The summed E-state index contributed by atoms with van der Waals surface area (Å²) in [5.74, 6) is 1.38. The molecule has 0 aliphatic heterocycles. The smallest absolute Gasteiger partial charge is 0.228 e. The molecule has 0 fully saturated rings. The molecule has 0 aliphatic rings. The van der Waals surface area contributed by atoms with Gasteiger partial charge in [0.15, 0.2) is 5.65 Å². The summed E-state index contributed by atoms with van der Waals surface area (Å²) in [5, 5.41) is 11.1. The summed E-state index contributed by atoms with van der Waals surface area (Å²) in [6.07, 6.45) is 1.73. The standard InChI is InChI=1S/C14H16N6/c1-9-4-6-10(7-5-9)16-12-11-8-15-19-13(11)18-14(17-12)20(2)3/h4-8H,1-3H3,(H2,15,16,17,18,19). The Morgan fingerprint density at radius 2 is 1.85 bits per heavy atom. The Hall–Kier alpha value is -2.63. The van der Waals surface area contributed by atoms with Crippen LogP contribution in [0.3, 0.4) is 0 Å². The first-order chi connectivity index (χ1) is 9.63. The molecule has 0 amide bonds. The fourth-order valence-electron chi connectivity index (χ4n) is 1.89. The van der Waals surface area contributed by atoms with Gasteiger partial charge in [-0.2, -0.15) is 15.1 Å². The Labute approximate surface area is 116 Å². The van der Waals surface area contributed by atoms with E-state index in [1.807, 2.05) is 31.1 Å². The third-order valence-electron chi connectivity index (χ3n) is 3.01. The average Bonchev–Trinajstić information content (AvgIpc) is 2.89. The Morgan fingerprint density at radius 3 is 2.55 bits per heavy atom. The second-order valence-corrected chi connectivity index (χ2v) is 4.89. The van der Waals surface area contributed by atoms with Gasteiger partial charge in [0.1, 0.15) is 5.82 Å². The SMILES string of the molecule is Cc1ccc(Nc2nc(N(C)C)nc3[nH]ncc23)cc1. The minimum absolute atomic E-state index is 0.636. The minimum atomic E-state index is 0.636. The number of fused-ring (bicyclic) bond motifs is 1. The molecule has 3 rings (SSSR count). The molecular formula is C14H16N6. The van der Waals surface area contributed by atoms with Crippen molar-refractivity contribution in [3.05, 3.63) is 36.0 Å². The second kappa shape index (κ2) is 4.80. The number of nitrogens with zero attached hydrogens (tertiary/aromatic N) is 4. The molecule has 0 atom stereocenters. The fraction of sp³-hybridized carbons (Fsp3) is 0.214. The van der Waals surface area contributed by atoms with E-state index in [0.717, 1.165) is 22.5 Å². The molecule has 0 bridgehead atoms. The molecule has 0 saturated carbocycles. The highest BCUT2D eigenvalue weighted by molar-refractivity contribution is 5.89. The van der Waals surface area contributed by atoms with E-state index in [9.17, 15) is 0 Å². The summed E-state index contributed by atoms with van der Waals surface area (Å²) in [6.45, 7) is 2.06. The van der Waals surface area contributed by atoms with Crippen molar-refractivity contribution >= 4 is 28.5 Å². The highest BCUT2D eigenvalue weighted by Crippen LogP contribution is 2.24. The lowest BCUT2D eigenvalue weighted by molar-refractivity contribution is 1.01. The molecule has 102 valence electrons. The summed E-state index contributed by atoms with van der Waals surface area (Å²) in [7, 11) is 3.82. The molecule has 0 spiro atoms. The molecule has 20 heavy (non-hydrogen) atoms. The van der Waals surface area contributed by atoms with Crippen LogP contribution in [-0.4, -0.2) is 34.3 Å². The van der Waals surface area contributed by atoms with Crippen molar-refractivity contribution in [2.45, 2.75) is 6.92 Å². The molecule has 2 aromatic heterocycles. The zero-order valence-electron chi connectivity index (χ0n) is 11.7. The van der Waals surface area contributed by atoms with Crippen LogP contribution in [0.15, 0.2) is 30.5 Å². The Balaban J connectivity index is 2.05. The molecule has 0 unspecified atom stereocenters. The third kappa shape index (κ3) is 2.27. The largest absolute Gasteiger partial charge is 0.347 e. The second-order valence-electron chi connectivity index (χ2n) is 4.89. The van der Waals surface area contributed by atoms with Crippen molar-refractivity contribution in [1.82, 2.24) is 20.2 Å². The molecule has 2 N–H and O–H groups in total. The monoisotopic (exact) mass is 268 g/mol. The minimum Gasteiger partial charge on any atom is -0.347 e. The van der Waals surface area contributed by atoms with Gasteiger partial charge in [-0.1, -0.05) is 17.7 Å². The number of aromatic amines is 1. The van der Waals surface area contributed by atoms with Gasteiger partial charge in [0, 0.05) is 19.8 Å². The van der Waals surface area contributed by atoms with Gasteiger partial charge in [-0.25, -0.2) is 0 Å².